The molecule has 2 aromatic rings. The monoisotopic (exact) mass is 303 g/mol. The van der Waals surface area contributed by atoms with Gasteiger partial charge < -0.3 is 10.4 Å². The number of nitrogens with one attached hydrogen (secondary N) is 1. The Balaban J connectivity index is 2.05. The Bertz CT molecular complexity index is 636. The van der Waals surface area contributed by atoms with Crippen molar-refractivity contribution >= 4 is 23.0 Å². The molecule has 0 bridgehead atoms. The van der Waals surface area contributed by atoms with Gasteiger partial charge in [0.2, 0.25) is 0 Å². The van der Waals surface area contributed by atoms with Gasteiger partial charge in [0.1, 0.15) is 4.88 Å². The number of aromatic carboxylic acids is 1. The zero-order valence-electron chi connectivity index (χ0n) is 12.9. The van der Waals surface area contributed by atoms with Crippen LogP contribution in [0.4, 0.5) is 5.69 Å². The molecule has 0 fully saturated rings. The van der Waals surface area contributed by atoms with Crippen LogP contribution in [0, 0.1) is 6.92 Å². The Kier molecular flexibility index (Phi) is 4.37. The Morgan fingerprint density at radius 2 is 1.86 bits per heavy atom. The molecule has 21 heavy (non-hydrogen) atoms. The van der Waals surface area contributed by atoms with E-state index in [1.54, 1.807) is 6.07 Å². The molecule has 2 rings (SSSR count). The highest BCUT2D eigenvalue weighted by atomic mass is 32.1. The summed E-state index contributed by atoms with van der Waals surface area (Å²) in [6, 6.07) is 10.1. The van der Waals surface area contributed by atoms with Crippen LogP contribution in [0.15, 0.2) is 30.3 Å². The second-order valence-corrected chi connectivity index (χ2v) is 7.43. The van der Waals surface area contributed by atoms with Crippen molar-refractivity contribution in [2.24, 2.45) is 0 Å². The third-order valence-electron chi connectivity index (χ3n) is 3.47. The van der Waals surface area contributed by atoms with Gasteiger partial charge in [-0.15, -0.1) is 11.3 Å². The zero-order valence-corrected chi connectivity index (χ0v) is 13.7. The van der Waals surface area contributed by atoms with Crippen molar-refractivity contribution in [1.29, 1.82) is 0 Å². The molecule has 0 amide bonds. The van der Waals surface area contributed by atoms with Crippen LogP contribution in [0.1, 0.15) is 46.4 Å². The first kappa shape index (κ1) is 15.6. The van der Waals surface area contributed by atoms with E-state index in [1.807, 2.05) is 6.92 Å². The topological polar surface area (TPSA) is 49.3 Å². The predicted molar refractivity (Wildman–Crippen MR) is 88.5 cm³/mol. The van der Waals surface area contributed by atoms with Crippen molar-refractivity contribution in [1.82, 2.24) is 0 Å². The summed E-state index contributed by atoms with van der Waals surface area (Å²) in [6.07, 6.45) is 0. The van der Waals surface area contributed by atoms with Gasteiger partial charge in [0.25, 0.3) is 0 Å². The van der Waals surface area contributed by atoms with Crippen LogP contribution in [0.25, 0.3) is 0 Å². The van der Waals surface area contributed by atoms with E-state index in [4.69, 9.17) is 5.11 Å². The molecule has 1 heterocycles. The highest BCUT2D eigenvalue weighted by Gasteiger charge is 2.13. The lowest BCUT2D eigenvalue weighted by molar-refractivity contribution is 0.0702. The quantitative estimate of drug-likeness (QED) is 0.863. The molecule has 0 aliphatic carbocycles. The van der Waals surface area contributed by atoms with E-state index in [0.29, 0.717) is 11.4 Å². The lowest BCUT2D eigenvalue weighted by Crippen LogP contribution is -2.10. The predicted octanol–water partition coefficient (Wildman–Crippen LogP) is 4.66. The molecular weight excluding hydrogens is 282 g/mol. The summed E-state index contributed by atoms with van der Waals surface area (Å²) >= 11 is 1.32. The van der Waals surface area contributed by atoms with E-state index >= 15 is 0 Å². The normalized spacial score (nSPS) is 11.4. The maximum Gasteiger partial charge on any atom is 0.345 e. The van der Waals surface area contributed by atoms with Crippen molar-refractivity contribution in [2.45, 2.75) is 39.7 Å². The van der Waals surface area contributed by atoms with Crippen LogP contribution in [0.2, 0.25) is 0 Å². The molecule has 0 atom stereocenters. The molecule has 0 saturated heterocycles. The number of hydrogen-bond donors (Lipinski definition) is 2. The molecule has 1 aromatic heterocycles. The van der Waals surface area contributed by atoms with E-state index in [0.717, 1.165) is 16.1 Å². The van der Waals surface area contributed by atoms with Gasteiger partial charge in [0.15, 0.2) is 0 Å². The van der Waals surface area contributed by atoms with E-state index in [2.05, 4.69) is 50.4 Å². The van der Waals surface area contributed by atoms with E-state index in [1.165, 1.54) is 16.9 Å². The van der Waals surface area contributed by atoms with E-state index in [9.17, 15) is 4.79 Å². The first-order valence-electron chi connectivity index (χ1n) is 6.94. The average Bonchev–Trinajstić information content (AvgIpc) is 2.77. The molecule has 2 N–H and O–H groups in total. The fraction of sp³-hybridized carbons (Fsp3) is 0.353. The zero-order chi connectivity index (χ0) is 15.6. The summed E-state index contributed by atoms with van der Waals surface area (Å²) in [7, 11) is 0. The highest BCUT2D eigenvalue weighted by molar-refractivity contribution is 7.14. The highest BCUT2D eigenvalue weighted by Crippen LogP contribution is 2.25. The minimum atomic E-state index is -0.858. The second kappa shape index (κ2) is 5.90. The first-order chi connectivity index (χ1) is 9.77. The molecule has 112 valence electrons. The molecule has 0 spiro atoms. The third-order valence-corrected chi connectivity index (χ3v) is 4.55. The summed E-state index contributed by atoms with van der Waals surface area (Å²) < 4.78 is 0. The fourth-order valence-corrected chi connectivity index (χ4v) is 2.97. The second-order valence-electron chi connectivity index (χ2n) is 6.18. The molecule has 3 nitrogen and oxygen atoms in total. The fourth-order valence-electron chi connectivity index (χ4n) is 2.09. The number of benzene rings is 1. The van der Waals surface area contributed by atoms with Gasteiger partial charge in [-0.1, -0.05) is 32.9 Å². The van der Waals surface area contributed by atoms with Crippen molar-refractivity contribution in [3.05, 3.63) is 51.2 Å². The summed E-state index contributed by atoms with van der Waals surface area (Å²) in [5.74, 6) is -0.858. The first-order valence-corrected chi connectivity index (χ1v) is 7.76. The largest absolute Gasteiger partial charge is 0.477 e. The molecule has 0 unspecified atom stereocenters. The molecule has 0 aliphatic rings. The summed E-state index contributed by atoms with van der Waals surface area (Å²) in [5.41, 5.74) is 3.54. The van der Waals surface area contributed by atoms with Crippen LogP contribution in [-0.4, -0.2) is 11.1 Å². The minimum absolute atomic E-state index is 0.152. The van der Waals surface area contributed by atoms with E-state index in [-0.39, 0.29) is 5.41 Å². The molecular formula is C17H21NO2S. The van der Waals surface area contributed by atoms with Crippen LogP contribution >= 0.6 is 11.3 Å². The van der Waals surface area contributed by atoms with Crippen LogP contribution < -0.4 is 5.32 Å². The summed E-state index contributed by atoms with van der Waals surface area (Å²) in [5, 5.41) is 12.4. The van der Waals surface area contributed by atoms with Crippen molar-refractivity contribution in [3.8, 4) is 0 Å². The van der Waals surface area contributed by atoms with Gasteiger partial charge in [-0.3, -0.25) is 0 Å². The molecule has 1 aromatic carbocycles. The van der Waals surface area contributed by atoms with Gasteiger partial charge in [-0.25, -0.2) is 4.79 Å². The number of anilines is 1. The van der Waals surface area contributed by atoms with Crippen LogP contribution in [0.5, 0.6) is 0 Å². The van der Waals surface area contributed by atoms with Gasteiger partial charge in [-0.2, -0.15) is 0 Å². The number of aryl methyl sites for hydroxylation is 1. The van der Waals surface area contributed by atoms with Gasteiger partial charge >= 0.3 is 5.97 Å². The number of hydrogen-bond acceptors (Lipinski definition) is 3. The molecule has 4 heteroatoms. The van der Waals surface area contributed by atoms with Crippen molar-refractivity contribution in [3.63, 3.8) is 0 Å². The van der Waals surface area contributed by atoms with E-state index < -0.39 is 5.97 Å². The Morgan fingerprint density at radius 1 is 1.24 bits per heavy atom. The van der Waals surface area contributed by atoms with Crippen molar-refractivity contribution in [2.75, 3.05) is 5.32 Å². The Hall–Kier alpha value is -1.81. The molecule has 0 aliphatic heterocycles. The van der Waals surface area contributed by atoms with Gasteiger partial charge in [-0.05, 0) is 41.7 Å². The molecule has 0 radical (unpaired) electrons. The summed E-state index contributed by atoms with van der Waals surface area (Å²) in [4.78, 5) is 12.4. The Morgan fingerprint density at radius 3 is 2.33 bits per heavy atom. The lowest BCUT2D eigenvalue weighted by Gasteiger charge is -2.19. The van der Waals surface area contributed by atoms with Crippen LogP contribution in [0.3, 0.4) is 0 Å². The lowest BCUT2D eigenvalue weighted by atomic mass is 9.87. The van der Waals surface area contributed by atoms with Gasteiger partial charge in [0, 0.05) is 17.1 Å². The standard InChI is InChI=1S/C17H21NO2S/c1-11-12(9-15(21-11)16(19)20)10-18-14-7-5-13(6-8-14)17(2,3)4/h5-9,18H,10H2,1-4H3,(H,19,20). The Labute approximate surface area is 129 Å². The number of carboxylic acid groups (broad SMARTS) is 1. The number of thiophene rings is 1. The van der Waals surface area contributed by atoms with Crippen LogP contribution in [-0.2, 0) is 12.0 Å². The minimum Gasteiger partial charge on any atom is -0.477 e. The third kappa shape index (κ3) is 3.85. The maximum atomic E-state index is 11.0. The number of carbonyl (C=O) groups is 1. The summed E-state index contributed by atoms with van der Waals surface area (Å²) in [6.45, 7) is 9.17. The number of carboxylic acids is 1. The smallest absolute Gasteiger partial charge is 0.345 e. The SMILES string of the molecule is Cc1sc(C(=O)O)cc1CNc1ccc(C(C)(C)C)cc1. The maximum absolute atomic E-state index is 11.0. The van der Waals surface area contributed by atoms with Crippen molar-refractivity contribution < 1.29 is 9.90 Å². The van der Waals surface area contributed by atoms with Gasteiger partial charge in [0.05, 0.1) is 0 Å². The number of rotatable bonds is 4. The average molecular weight is 303 g/mol. The molecule has 0 saturated carbocycles.